The molecule has 1 aliphatic rings. The Hall–Kier alpha value is -0.680. The first-order valence-electron chi connectivity index (χ1n) is 6.65. The van der Waals surface area contributed by atoms with Crippen molar-refractivity contribution in [2.45, 2.75) is 19.4 Å². The van der Waals surface area contributed by atoms with Crippen molar-refractivity contribution in [1.29, 1.82) is 0 Å². The largest absolute Gasteiger partial charge is 0.314 e. The summed E-state index contributed by atoms with van der Waals surface area (Å²) in [6.45, 7) is 8.68. The summed E-state index contributed by atoms with van der Waals surface area (Å²) in [4.78, 5) is 2.12. The van der Waals surface area contributed by atoms with E-state index in [2.05, 4.69) is 16.8 Å². The zero-order valence-electron chi connectivity index (χ0n) is 12.1. The number of nitrogens with zero attached hydrogens (tertiary/aromatic N) is 1. The molecule has 0 bridgehead atoms. The number of hydrogen-bond acceptors (Lipinski definition) is 2. The minimum absolute atomic E-state index is 0. The third-order valence-electron chi connectivity index (χ3n) is 3.64. The summed E-state index contributed by atoms with van der Waals surface area (Å²) in [6.07, 6.45) is 2.28. The van der Waals surface area contributed by atoms with Crippen molar-refractivity contribution in [2.24, 2.45) is 0 Å². The average molecular weight is 339 g/mol. The van der Waals surface area contributed by atoms with Gasteiger partial charge in [0, 0.05) is 37.8 Å². The maximum absolute atomic E-state index is 14.3. The van der Waals surface area contributed by atoms with Crippen LogP contribution >= 0.6 is 24.8 Å². The van der Waals surface area contributed by atoms with E-state index in [0.29, 0.717) is 12.0 Å². The number of nitrogens with one attached hydrogen (secondary N) is 1. The normalized spacial score (nSPS) is 16.5. The van der Waals surface area contributed by atoms with Crippen molar-refractivity contribution in [3.05, 3.63) is 47.5 Å². The fourth-order valence-corrected chi connectivity index (χ4v) is 2.58. The Labute approximate surface area is 137 Å². The average Bonchev–Trinajstić information content (AvgIpc) is 2.43. The molecule has 21 heavy (non-hydrogen) atoms. The maximum Gasteiger partial charge on any atom is 0.133 e. The van der Waals surface area contributed by atoms with Gasteiger partial charge in [-0.05, 0) is 25.0 Å². The predicted molar refractivity (Wildman–Crippen MR) is 87.6 cm³/mol. The lowest BCUT2D eigenvalue weighted by molar-refractivity contribution is 0.167. The predicted octanol–water partition coefficient (Wildman–Crippen LogP) is 3.64. The lowest BCUT2D eigenvalue weighted by Gasteiger charge is -2.35. The molecule has 0 aliphatic carbocycles. The fourth-order valence-electron chi connectivity index (χ4n) is 2.58. The van der Waals surface area contributed by atoms with Gasteiger partial charge in [0.25, 0.3) is 0 Å². The molecule has 0 aromatic heterocycles. The van der Waals surface area contributed by atoms with E-state index in [4.69, 9.17) is 0 Å². The standard InChI is InChI=1S/C15H20F2N2.2ClH/c1-3-4-13(19-9-7-18-8-10-19)14-12(16)6-5-11(2)15(14)17;;/h3,5-6,13,18H,1,4,7-10H2,2H3;2*1H/t13-;;/m0../s1. The van der Waals surface area contributed by atoms with Crippen molar-refractivity contribution in [3.8, 4) is 0 Å². The Kier molecular flexibility index (Phi) is 9.06. The molecule has 1 N–H and O–H groups in total. The molecule has 0 amide bonds. The molecule has 1 aromatic rings. The van der Waals surface area contributed by atoms with E-state index in [9.17, 15) is 8.78 Å². The van der Waals surface area contributed by atoms with Gasteiger partial charge in [-0.25, -0.2) is 8.78 Å². The van der Waals surface area contributed by atoms with Crippen LogP contribution in [0.25, 0.3) is 0 Å². The SMILES string of the molecule is C=CC[C@@H](c1c(F)ccc(C)c1F)N1CCNCC1.Cl.Cl. The summed E-state index contributed by atoms with van der Waals surface area (Å²) in [5.74, 6) is -0.890. The highest BCUT2D eigenvalue weighted by atomic mass is 35.5. The van der Waals surface area contributed by atoms with Crippen LogP contribution in [0.4, 0.5) is 8.78 Å². The van der Waals surface area contributed by atoms with Crippen LogP contribution in [-0.2, 0) is 0 Å². The maximum atomic E-state index is 14.3. The second-order valence-electron chi connectivity index (χ2n) is 4.92. The van der Waals surface area contributed by atoms with Gasteiger partial charge in [0.05, 0.1) is 0 Å². The van der Waals surface area contributed by atoms with Gasteiger partial charge < -0.3 is 5.32 Å². The highest BCUT2D eigenvalue weighted by Gasteiger charge is 2.27. The number of benzene rings is 1. The minimum atomic E-state index is -0.464. The molecule has 1 aliphatic heterocycles. The van der Waals surface area contributed by atoms with Crippen LogP contribution in [0.1, 0.15) is 23.6 Å². The highest BCUT2D eigenvalue weighted by Crippen LogP contribution is 2.30. The Morgan fingerprint density at radius 3 is 2.48 bits per heavy atom. The molecule has 2 nitrogen and oxygen atoms in total. The van der Waals surface area contributed by atoms with Gasteiger partial charge in [-0.2, -0.15) is 0 Å². The zero-order valence-corrected chi connectivity index (χ0v) is 13.7. The van der Waals surface area contributed by atoms with Crippen molar-refractivity contribution >= 4 is 24.8 Å². The molecule has 120 valence electrons. The lowest BCUT2D eigenvalue weighted by Crippen LogP contribution is -2.45. The summed E-state index contributed by atoms with van der Waals surface area (Å²) < 4.78 is 28.3. The zero-order chi connectivity index (χ0) is 13.8. The first-order valence-corrected chi connectivity index (χ1v) is 6.65. The topological polar surface area (TPSA) is 15.3 Å². The second kappa shape index (κ2) is 9.36. The molecule has 1 heterocycles. The molecule has 2 rings (SSSR count). The third kappa shape index (κ3) is 4.65. The smallest absolute Gasteiger partial charge is 0.133 e. The second-order valence-corrected chi connectivity index (χ2v) is 4.92. The summed E-state index contributed by atoms with van der Waals surface area (Å²) in [6, 6.07) is 2.57. The van der Waals surface area contributed by atoms with Gasteiger partial charge in [-0.1, -0.05) is 12.1 Å². The Morgan fingerprint density at radius 2 is 1.90 bits per heavy atom. The van der Waals surface area contributed by atoms with Crippen LogP contribution < -0.4 is 5.32 Å². The molecule has 1 fully saturated rings. The first-order chi connectivity index (χ1) is 9.15. The lowest BCUT2D eigenvalue weighted by atomic mass is 9.98. The van der Waals surface area contributed by atoms with E-state index in [1.165, 1.54) is 12.1 Å². The summed E-state index contributed by atoms with van der Waals surface area (Å²) in [5, 5.41) is 3.25. The summed E-state index contributed by atoms with van der Waals surface area (Å²) in [7, 11) is 0. The minimum Gasteiger partial charge on any atom is -0.314 e. The van der Waals surface area contributed by atoms with Crippen molar-refractivity contribution in [2.75, 3.05) is 26.2 Å². The molecule has 6 heteroatoms. The Bertz CT molecular complexity index is 463. The van der Waals surface area contributed by atoms with Crippen LogP contribution in [-0.4, -0.2) is 31.1 Å². The molecular formula is C15H22Cl2F2N2. The molecule has 1 saturated heterocycles. The van der Waals surface area contributed by atoms with Crippen LogP contribution in [0.2, 0.25) is 0 Å². The highest BCUT2D eigenvalue weighted by molar-refractivity contribution is 5.85. The van der Waals surface area contributed by atoms with Crippen molar-refractivity contribution < 1.29 is 8.78 Å². The molecule has 0 saturated carbocycles. The number of hydrogen-bond donors (Lipinski definition) is 1. The van der Waals surface area contributed by atoms with E-state index in [1.54, 1.807) is 13.0 Å². The molecule has 1 atom stereocenters. The van der Waals surface area contributed by atoms with Crippen LogP contribution in [0.3, 0.4) is 0 Å². The summed E-state index contributed by atoms with van der Waals surface area (Å²) >= 11 is 0. The monoisotopic (exact) mass is 338 g/mol. The Balaban J connectivity index is 0.00000200. The number of rotatable bonds is 4. The van der Waals surface area contributed by atoms with Gasteiger partial charge in [0.15, 0.2) is 0 Å². The first kappa shape index (κ1) is 20.3. The van der Waals surface area contributed by atoms with Gasteiger partial charge in [0.1, 0.15) is 11.6 Å². The number of piperazine rings is 1. The van der Waals surface area contributed by atoms with Crippen molar-refractivity contribution in [3.63, 3.8) is 0 Å². The van der Waals surface area contributed by atoms with Gasteiger partial charge in [-0.15, -0.1) is 31.4 Å². The van der Waals surface area contributed by atoms with Gasteiger partial charge in [0.2, 0.25) is 0 Å². The summed E-state index contributed by atoms with van der Waals surface area (Å²) in [5.41, 5.74) is 0.669. The molecule has 1 aromatic carbocycles. The van der Waals surface area contributed by atoms with E-state index in [0.717, 1.165) is 26.2 Å². The third-order valence-corrected chi connectivity index (χ3v) is 3.64. The molecule has 0 radical (unpaired) electrons. The van der Waals surface area contributed by atoms with E-state index >= 15 is 0 Å². The van der Waals surface area contributed by atoms with Gasteiger partial charge >= 0.3 is 0 Å². The van der Waals surface area contributed by atoms with Gasteiger partial charge in [-0.3, -0.25) is 4.90 Å². The van der Waals surface area contributed by atoms with Crippen LogP contribution in [0.5, 0.6) is 0 Å². The Morgan fingerprint density at radius 1 is 1.29 bits per heavy atom. The van der Waals surface area contributed by atoms with Crippen LogP contribution in [0, 0.1) is 18.6 Å². The number of halogens is 4. The molecule has 0 spiro atoms. The van der Waals surface area contributed by atoms with Crippen molar-refractivity contribution in [1.82, 2.24) is 10.2 Å². The van der Waals surface area contributed by atoms with E-state index in [-0.39, 0.29) is 36.4 Å². The molecule has 0 unspecified atom stereocenters. The molecular weight excluding hydrogens is 317 g/mol. The quantitative estimate of drug-likeness (QED) is 0.843. The van der Waals surface area contributed by atoms with E-state index < -0.39 is 11.6 Å². The van der Waals surface area contributed by atoms with Crippen LogP contribution in [0.15, 0.2) is 24.8 Å². The fraction of sp³-hybridized carbons (Fsp3) is 0.467. The number of aryl methyl sites for hydroxylation is 1. The van der Waals surface area contributed by atoms with E-state index in [1.807, 2.05) is 0 Å².